The van der Waals surface area contributed by atoms with Crippen LogP contribution in [0.4, 0.5) is 0 Å². The molecule has 0 bridgehead atoms. The summed E-state index contributed by atoms with van der Waals surface area (Å²) in [6, 6.07) is 10.8. The number of nitrogens with zero attached hydrogens (tertiary/aromatic N) is 2. The number of hydrogen-bond acceptors (Lipinski definition) is 2. The summed E-state index contributed by atoms with van der Waals surface area (Å²) in [5.41, 5.74) is 2.07. The van der Waals surface area contributed by atoms with Crippen molar-refractivity contribution in [1.29, 1.82) is 0 Å². The third-order valence-corrected chi connectivity index (χ3v) is 3.69. The summed E-state index contributed by atoms with van der Waals surface area (Å²) in [4.78, 5) is 6.92. The first-order chi connectivity index (χ1) is 9.11. The Labute approximate surface area is 120 Å². The highest BCUT2D eigenvalue weighted by Gasteiger charge is 2.12. The highest BCUT2D eigenvalue weighted by atomic mass is 35.5. The van der Waals surface area contributed by atoms with Crippen LogP contribution in [0, 0.1) is 0 Å². The van der Waals surface area contributed by atoms with Gasteiger partial charge in [0.1, 0.15) is 5.15 Å². The van der Waals surface area contributed by atoms with Crippen molar-refractivity contribution in [3.8, 4) is 0 Å². The first-order valence-electron chi connectivity index (χ1n) is 6.90. The van der Waals surface area contributed by atoms with Crippen LogP contribution < -0.4 is 0 Å². The number of para-hydroxylation sites is 1. The molecule has 0 atom stereocenters. The minimum Gasteiger partial charge on any atom is -0.297 e. The fourth-order valence-electron chi connectivity index (χ4n) is 2.27. The van der Waals surface area contributed by atoms with Gasteiger partial charge in [-0.3, -0.25) is 4.90 Å². The van der Waals surface area contributed by atoms with E-state index < -0.39 is 0 Å². The average molecular weight is 277 g/mol. The fourth-order valence-corrected chi connectivity index (χ4v) is 2.48. The lowest BCUT2D eigenvalue weighted by molar-refractivity contribution is 0.213. The monoisotopic (exact) mass is 276 g/mol. The highest BCUT2D eigenvalue weighted by Crippen LogP contribution is 2.22. The van der Waals surface area contributed by atoms with E-state index in [2.05, 4.69) is 42.8 Å². The van der Waals surface area contributed by atoms with Crippen LogP contribution in [0.3, 0.4) is 0 Å². The molecule has 0 saturated carbocycles. The minimum atomic E-state index is 0.516. The average Bonchev–Trinajstić information content (AvgIpc) is 2.38. The van der Waals surface area contributed by atoms with Gasteiger partial charge in [0, 0.05) is 23.5 Å². The van der Waals surface area contributed by atoms with Crippen LogP contribution in [-0.2, 0) is 6.54 Å². The molecule has 0 unspecified atom stereocenters. The number of fused-ring (bicyclic) bond motifs is 1. The standard InChI is InChI=1S/C16H21ClN2/c1-4-9-19(12(2)3)11-14-10-13-7-5-6-8-15(13)18-16(14)17/h5-8,10,12H,4,9,11H2,1-3H3. The molecule has 0 saturated heterocycles. The third kappa shape index (κ3) is 3.46. The van der Waals surface area contributed by atoms with Crippen molar-refractivity contribution in [1.82, 2.24) is 9.88 Å². The van der Waals surface area contributed by atoms with Gasteiger partial charge >= 0.3 is 0 Å². The summed E-state index contributed by atoms with van der Waals surface area (Å²) in [7, 11) is 0. The van der Waals surface area contributed by atoms with Gasteiger partial charge in [-0.15, -0.1) is 0 Å². The van der Waals surface area contributed by atoms with Crippen molar-refractivity contribution in [3.05, 3.63) is 41.0 Å². The molecular weight excluding hydrogens is 256 g/mol. The molecule has 0 spiro atoms. The Hall–Kier alpha value is -1.12. The highest BCUT2D eigenvalue weighted by molar-refractivity contribution is 6.30. The maximum atomic E-state index is 6.31. The molecule has 0 aliphatic rings. The zero-order valence-electron chi connectivity index (χ0n) is 11.9. The summed E-state index contributed by atoms with van der Waals surface area (Å²) in [5, 5.41) is 1.78. The molecule has 0 amide bonds. The molecule has 0 aliphatic carbocycles. The molecular formula is C16H21ClN2. The zero-order chi connectivity index (χ0) is 13.8. The van der Waals surface area contributed by atoms with E-state index in [9.17, 15) is 0 Å². The summed E-state index contributed by atoms with van der Waals surface area (Å²) in [5.74, 6) is 0. The molecule has 19 heavy (non-hydrogen) atoms. The number of rotatable bonds is 5. The van der Waals surface area contributed by atoms with Crippen LogP contribution >= 0.6 is 11.6 Å². The number of pyridine rings is 1. The van der Waals surface area contributed by atoms with E-state index >= 15 is 0 Å². The summed E-state index contributed by atoms with van der Waals surface area (Å²) in [6.07, 6.45) is 1.15. The molecule has 1 aromatic carbocycles. The fraction of sp³-hybridized carbons (Fsp3) is 0.438. The van der Waals surface area contributed by atoms with Crippen molar-refractivity contribution in [2.45, 2.75) is 39.8 Å². The van der Waals surface area contributed by atoms with Crippen LogP contribution in [0.5, 0.6) is 0 Å². The van der Waals surface area contributed by atoms with Crippen molar-refractivity contribution in [2.75, 3.05) is 6.54 Å². The zero-order valence-corrected chi connectivity index (χ0v) is 12.6. The topological polar surface area (TPSA) is 16.1 Å². The van der Waals surface area contributed by atoms with E-state index in [1.54, 1.807) is 0 Å². The van der Waals surface area contributed by atoms with E-state index in [-0.39, 0.29) is 0 Å². The predicted molar refractivity (Wildman–Crippen MR) is 82.6 cm³/mol. The molecule has 2 rings (SSSR count). The molecule has 3 heteroatoms. The van der Waals surface area contributed by atoms with Gasteiger partial charge in [-0.25, -0.2) is 4.98 Å². The van der Waals surface area contributed by atoms with Crippen molar-refractivity contribution >= 4 is 22.5 Å². The SMILES string of the molecule is CCCN(Cc1cc2ccccc2nc1Cl)C(C)C. The minimum absolute atomic E-state index is 0.516. The molecule has 102 valence electrons. The second kappa shape index (κ2) is 6.36. The lowest BCUT2D eigenvalue weighted by Crippen LogP contribution is -2.31. The summed E-state index contributed by atoms with van der Waals surface area (Å²) in [6.45, 7) is 8.59. The summed E-state index contributed by atoms with van der Waals surface area (Å²) >= 11 is 6.31. The Bertz CT molecular complexity index is 551. The first-order valence-corrected chi connectivity index (χ1v) is 7.27. The molecule has 0 fully saturated rings. The van der Waals surface area contributed by atoms with Crippen LogP contribution in [0.1, 0.15) is 32.8 Å². The van der Waals surface area contributed by atoms with Crippen molar-refractivity contribution in [3.63, 3.8) is 0 Å². The van der Waals surface area contributed by atoms with E-state index in [4.69, 9.17) is 11.6 Å². The van der Waals surface area contributed by atoms with Crippen LogP contribution in [0.15, 0.2) is 30.3 Å². The Morgan fingerprint density at radius 2 is 2.00 bits per heavy atom. The maximum Gasteiger partial charge on any atom is 0.134 e. The molecule has 0 radical (unpaired) electrons. The Kier molecular flexibility index (Phi) is 4.78. The van der Waals surface area contributed by atoms with Crippen molar-refractivity contribution < 1.29 is 0 Å². The predicted octanol–water partition coefficient (Wildman–Crippen LogP) is 4.51. The van der Waals surface area contributed by atoms with Gasteiger partial charge in [0.15, 0.2) is 0 Å². The smallest absolute Gasteiger partial charge is 0.134 e. The van der Waals surface area contributed by atoms with Gasteiger partial charge < -0.3 is 0 Å². The van der Waals surface area contributed by atoms with E-state index in [0.717, 1.165) is 36.0 Å². The van der Waals surface area contributed by atoms with Gasteiger partial charge in [0.25, 0.3) is 0 Å². The van der Waals surface area contributed by atoms with Crippen LogP contribution in [0.25, 0.3) is 10.9 Å². The molecule has 1 aromatic heterocycles. The first kappa shape index (κ1) is 14.3. The van der Waals surface area contributed by atoms with E-state index in [1.807, 2.05) is 18.2 Å². The molecule has 2 aromatic rings. The van der Waals surface area contributed by atoms with Gasteiger partial charge in [0.05, 0.1) is 5.52 Å². The number of aromatic nitrogens is 1. The van der Waals surface area contributed by atoms with Crippen LogP contribution in [0.2, 0.25) is 5.15 Å². The third-order valence-electron chi connectivity index (χ3n) is 3.36. The van der Waals surface area contributed by atoms with E-state index in [1.165, 1.54) is 0 Å². The Morgan fingerprint density at radius 3 is 2.68 bits per heavy atom. The number of halogens is 1. The largest absolute Gasteiger partial charge is 0.297 e. The Morgan fingerprint density at radius 1 is 1.26 bits per heavy atom. The second-order valence-electron chi connectivity index (χ2n) is 5.20. The van der Waals surface area contributed by atoms with Gasteiger partial charge in [-0.2, -0.15) is 0 Å². The molecule has 0 N–H and O–H groups in total. The normalized spacial score (nSPS) is 11.7. The lowest BCUT2D eigenvalue weighted by atomic mass is 10.1. The molecule has 1 heterocycles. The molecule has 0 aliphatic heterocycles. The van der Waals surface area contributed by atoms with Crippen LogP contribution in [-0.4, -0.2) is 22.5 Å². The number of benzene rings is 1. The summed E-state index contributed by atoms with van der Waals surface area (Å²) < 4.78 is 0. The van der Waals surface area contributed by atoms with Crippen molar-refractivity contribution in [2.24, 2.45) is 0 Å². The van der Waals surface area contributed by atoms with E-state index in [0.29, 0.717) is 11.2 Å². The van der Waals surface area contributed by atoms with Gasteiger partial charge in [-0.05, 0) is 38.9 Å². The van der Waals surface area contributed by atoms with Gasteiger partial charge in [-0.1, -0.05) is 36.7 Å². The molecule has 2 nitrogen and oxygen atoms in total. The van der Waals surface area contributed by atoms with Gasteiger partial charge in [0.2, 0.25) is 0 Å². The maximum absolute atomic E-state index is 6.31. The lowest BCUT2D eigenvalue weighted by Gasteiger charge is -2.26. The quantitative estimate of drug-likeness (QED) is 0.747. The Balaban J connectivity index is 2.31. The second-order valence-corrected chi connectivity index (χ2v) is 5.55. The number of hydrogen-bond donors (Lipinski definition) is 0.